The molecule has 0 aromatic heterocycles. The van der Waals surface area contributed by atoms with Gasteiger partial charge >= 0.3 is 5.97 Å². The Labute approximate surface area is 89.1 Å². The Bertz CT molecular complexity index is 352. The Morgan fingerprint density at radius 3 is 2.27 bits per heavy atom. The Morgan fingerprint density at radius 1 is 1.20 bits per heavy atom. The summed E-state index contributed by atoms with van der Waals surface area (Å²) in [6.07, 6.45) is 2.04. The largest absolute Gasteiger partial charge is 0.463 e. The van der Waals surface area contributed by atoms with Crippen LogP contribution in [0.5, 0.6) is 0 Å². The number of methoxy groups -OCH3 is 1. The molecule has 0 bridgehead atoms. The van der Waals surface area contributed by atoms with Crippen molar-refractivity contribution in [2.75, 3.05) is 7.11 Å². The van der Waals surface area contributed by atoms with E-state index < -0.39 is 11.8 Å². The van der Waals surface area contributed by atoms with Crippen LogP contribution < -0.4 is 0 Å². The fourth-order valence-electron chi connectivity index (χ4n) is 1.32. The fourth-order valence-corrected chi connectivity index (χ4v) is 1.32. The van der Waals surface area contributed by atoms with Gasteiger partial charge in [0.05, 0.1) is 7.11 Å². The van der Waals surface area contributed by atoms with Gasteiger partial charge in [-0.25, -0.2) is 4.79 Å². The second-order valence-corrected chi connectivity index (χ2v) is 3.27. The van der Waals surface area contributed by atoms with E-state index in [-0.39, 0.29) is 0 Å². The highest BCUT2D eigenvalue weighted by Crippen LogP contribution is 2.07. The van der Waals surface area contributed by atoms with Gasteiger partial charge in [-0.05, 0) is 12.0 Å². The van der Waals surface area contributed by atoms with E-state index in [1.165, 1.54) is 12.7 Å². The highest BCUT2D eigenvalue weighted by atomic mass is 16.5. The Hall–Kier alpha value is -1.64. The molecule has 80 valence electrons. The van der Waals surface area contributed by atoms with Crippen molar-refractivity contribution in [1.29, 1.82) is 0 Å². The van der Waals surface area contributed by atoms with Crippen LogP contribution in [-0.4, -0.2) is 18.9 Å². The average molecular weight is 206 g/mol. The zero-order chi connectivity index (χ0) is 11.3. The predicted octanol–water partition coefficient (Wildman–Crippen LogP) is 1.99. The van der Waals surface area contributed by atoms with Gasteiger partial charge in [0.2, 0.25) is 0 Å². The number of carbonyl (C=O) groups is 2. The van der Waals surface area contributed by atoms with Crippen molar-refractivity contribution in [3.05, 3.63) is 35.4 Å². The Balaban J connectivity index is 2.80. The number of Topliss-reactive ketones (excluding diaryl/α,β-unsaturated/α-hetero) is 1. The molecule has 3 nitrogen and oxygen atoms in total. The summed E-state index contributed by atoms with van der Waals surface area (Å²) in [5.74, 6) is -1.42. The SMILES string of the molecule is CCCc1ccc(C(=O)C(=O)OC)cc1. The van der Waals surface area contributed by atoms with Crippen LogP contribution in [0.3, 0.4) is 0 Å². The van der Waals surface area contributed by atoms with Crippen molar-refractivity contribution < 1.29 is 14.3 Å². The minimum atomic E-state index is -0.821. The van der Waals surface area contributed by atoms with Crippen LogP contribution in [0, 0.1) is 0 Å². The van der Waals surface area contributed by atoms with E-state index in [0.29, 0.717) is 5.56 Å². The van der Waals surface area contributed by atoms with E-state index in [2.05, 4.69) is 11.7 Å². The highest BCUT2D eigenvalue weighted by Gasteiger charge is 2.15. The molecule has 0 N–H and O–H groups in total. The van der Waals surface area contributed by atoms with Crippen molar-refractivity contribution in [3.63, 3.8) is 0 Å². The monoisotopic (exact) mass is 206 g/mol. The second-order valence-electron chi connectivity index (χ2n) is 3.27. The molecule has 1 aromatic carbocycles. The standard InChI is InChI=1S/C12H14O3/c1-3-4-9-5-7-10(8-6-9)11(13)12(14)15-2/h5-8H,3-4H2,1-2H3. The van der Waals surface area contributed by atoms with Gasteiger partial charge in [0, 0.05) is 5.56 Å². The van der Waals surface area contributed by atoms with Gasteiger partial charge in [0.15, 0.2) is 0 Å². The van der Waals surface area contributed by atoms with Gasteiger partial charge in [0.1, 0.15) is 0 Å². The minimum absolute atomic E-state index is 0.377. The number of rotatable bonds is 4. The number of esters is 1. The molecular formula is C12H14O3. The minimum Gasteiger partial charge on any atom is -0.463 e. The van der Waals surface area contributed by atoms with E-state index in [0.717, 1.165) is 12.8 Å². The summed E-state index contributed by atoms with van der Waals surface area (Å²) < 4.78 is 4.36. The number of aryl methyl sites for hydroxylation is 1. The number of ether oxygens (including phenoxy) is 1. The molecule has 3 heteroatoms. The summed E-state index contributed by atoms with van der Waals surface area (Å²) in [6, 6.07) is 7.04. The van der Waals surface area contributed by atoms with Crippen molar-refractivity contribution in [3.8, 4) is 0 Å². The summed E-state index contributed by atoms with van der Waals surface area (Å²) in [5.41, 5.74) is 1.54. The Morgan fingerprint density at radius 2 is 1.80 bits per heavy atom. The van der Waals surface area contributed by atoms with Gasteiger partial charge in [-0.3, -0.25) is 4.79 Å². The molecule has 15 heavy (non-hydrogen) atoms. The molecule has 0 heterocycles. The third-order valence-corrected chi connectivity index (χ3v) is 2.13. The van der Waals surface area contributed by atoms with Crippen LogP contribution in [0.15, 0.2) is 24.3 Å². The second kappa shape index (κ2) is 5.29. The van der Waals surface area contributed by atoms with Crippen LogP contribution in [0.1, 0.15) is 29.3 Å². The summed E-state index contributed by atoms with van der Waals surface area (Å²) in [4.78, 5) is 22.3. The molecule has 0 aliphatic carbocycles. The topological polar surface area (TPSA) is 43.4 Å². The van der Waals surface area contributed by atoms with Crippen molar-refractivity contribution in [2.45, 2.75) is 19.8 Å². The number of hydrogen-bond acceptors (Lipinski definition) is 3. The smallest absolute Gasteiger partial charge is 0.379 e. The zero-order valence-electron chi connectivity index (χ0n) is 8.95. The van der Waals surface area contributed by atoms with Gasteiger partial charge in [0.25, 0.3) is 5.78 Å². The van der Waals surface area contributed by atoms with Gasteiger partial charge in [-0.2, -0.15) is 0 Å². The lowest BCUT2D eigenvalue weighted by Gasteiger charge is -2.01. The van der Waals surface area contributed by atoms with E-state index in [1.54, 1.807) is 12.1 Å². The summed E-state index contributed by atoms with van der Waals surface area (Å²) in [5, 5.41) is 0. The lowest BCUT2D eigenvalue weighted by atomic mass is 10.1. The highest BCUT2D eigenvalue weighted by molar-refractivity contribution is 6.40. The summed E-state index contributed by atoms with van der Waals surface area (Å²) in [6.45, 7) is 2.09. The molecular weight excluding hydrogens is 192 g/mol. The molecule has 0 saturated heterocycles. The van der Waals surface area contributed by atoms with Crippen LogP contribution in [0.4, 0.5) is 0 Å². The molecule has 0 spiro atoms. The van der Waals surface area contributed by atoms with E-state index in [1.807, 2.05) is 12.1 Å². The van der Waals surface area contributed by atoms with E-state index in [9.17, 15) is 9.59 Å². The average Bonchev–Trinajstić information content (AvgIpc) is 2.28. The number of hydrogen-bond donors (Lipinski definition) is 0. The van der Waals surface area contributed by atoms with Crippen LogP contribution in [0.25, 0.3) is 0 Å². The lowest BCUT2D eigenvalue weighted by molar-refractivity contribution is -0.135. The summed E-state index contributed by atoms with van der Waals surface area (Å²) >= 11 is 0. The lowest BCUT2D eigenvalue weighted by Crippen LogP contribution is -2.15. The zero-order valence-corrected chi connectivity index (χ0v) is 8.95. The molecule has 0 radical (unpaired) electrons. The maximum Gasteiger partial charge on any atom is 0.379 e. The number of ketones is 1. The molecule has 1 rings (SSSR count). The van der Waals surface area contributed by atoms with Crippen molar-refractivity contribution in [1.82, 2.24) is 0 Å². The molecule has 0 fully saturated rings. The Kier molecular flexibility index (Phi) is 4.03. The van der Waals surface area contributed by atoms with Crippen LogP contribution in [0.2, 0.25) is 0 Å². The molecule has 0 unspecified atom stereocenters. The third-order valence-electron chi connectivity index (χ3n) is 2.13. The van der Waals surface area contributed by atoms with Crippen molar-refractivity contribution >= 4 is 11.8 Å². The molecule has 0 atom stereocenters. The predicted molar refractivity (Wildman–Crippen MR) is 56.8 cm³/mol. The van der Waals surface area contributed by atoms with Crippen LogP contribution >= 0.6 is 0 Å². The van der Waals surface area contributed by atoms with Gasteiger partial charge < -0.3 is 4.74 Å². The first kappa shape index (κ1) is 11.4. The molecule has 0 saturated carbocycles. The van der Waals surface area contributed by atoms with Crippen LogP contribution in [-0.2, 0) is 16.0 Å². The maximum absolute atomic E-state index is 11.4. The normalized spacial score (nSPS) is 9.73. The number of benzene rings is 1. The van der Waals surface area contributed by atoms with Crippen molar-refractivity contribution in [2.24, 2.45) is 0 Å². The molecule has 0 aliphatic rings. The first-order valence-electron chi connectivity index (χ1n) is 4.90. The molecule has 1 aromatic rings. The van der Waals surface area contributed by atoms with Gasteiger partial charge in [-0.1, -0.05) is 37.6 Å². The first-order valence-corrected chi connectivity index (χ1v) is 4.90. The van der Waals surface area contributed by atoms with Gasteiger partial charge in [-0.15, -0.1) is 0 Å². The molecule has 0 aliphatic heterocycles. The third kappa shape index (κ3) is 2.91. The molecule has 0 amide bonds. The quantitative estimate of drug-likeness (QED) is 0.430. The number of carbonyl (C=O) groups excluding carboxylic acids is 2. The summed E-state index contributed by atoms with van der Waals surface area (Å²) in [7, 11) is 1.20. The fraction of sp³-hybridized carbons (Fsp3) is 0.333. The van der Waals surface area contributed by atoms with E-state index >= 15 is 0 Å². The van der Waals surface area contributed by atoms with E-state index in [4.69, 9.17) is 0 Å². The first-order chi connectivity index (χ1) is 7.19. The maximum atomic E-state index is 11.4.